The van der Waals surface area contributed by atoms with Crippen molar-refractivity contribution in [1.82, 2.24) is 15.1 Å². The smallest absolute Gasteiger partial charge is 0.220 e. The van der Waals surface area contributed by atoms with Gasteiger partial charge in [-0.25, -0.2) is 9.07 Å². The van der Waals surface area contributed by atoms with Crippen molar-refractivity contribution in [3.05, 3.63) is 66.1 Å². The summed E-state index contributed by atoms with van der Waals surface area (Å²) in [5, 5.41) is 7.64. The second kappa shape index (κ2) is 9.75. The van der Waals surface area contributed by atoms with Gasteiger partial charge in [-0.3, -0.25) is 4.79 Å². The lowest BCUT2D eigenvalue weighted by molar-refractivity contribution is -0.121. The van der Waals surface area contributed by atoms with Crippen LogP contribution in [0.5, 0.6) is 5.75 Å². The molecule has 1 fully saturated rings. The first-order valence-electron chi connectivity index (χ1n) is 10.5. The van der Waals surface area contributed by atoms with Gasteiger partial charge in [0.2, 0.25) is 5.91 Å². The first-order chi connectivity index (χ1) is 15.1. The summed E-state index contributed by atoms with van der Waals surface area (Å²) < 4.78 is 26.4. The van der Waals surface area contributed by atoms with Crippen molar-refractivity contribution >= 4 is 5.91 Å². The number of benzene rings is 2. The molecule has 0 radical (unpaired) electrons. The number of amides is 1. The van der Waals surface area contributed by atoms with E-state index in [1.807, 2.05) is 36.4 Å². The van der Waals surface area contributed by atoms with E-state index in [1.165, 1.54) is 12.1 Å². The Balaban J connectivity index is 1.52. The summed E-state index contributed by atoms with van der Waals surface area (Å²) in [5.41, 5.74) is 3.08. The predicted molar refractivity (Wildman–Crippen MR) is 116 cm³/mol. The van der Waals surface area contributed by atoms with E-state index in [1.54, 1.807) is 17.9 Å². The number of halogens is 1. The maximum absolute atomic E-state index is 13.8. The third-order valence-electron chi connectivity index (χ3n) is 5.36. The number of aryl methyl sites for hydroxylation is 1. The molecule has 2 heterocycles. The molecule has 31 heavy (non-hydrogen) atoms. The van der Waals surface area contributed by atoms with Gasteiger partial charge in [-0.15, -0.1) is 0 Å². The Hall–Kier alpha value is -3.19. The quantitative estimate of drug-likeness (QED) is 0.597. The molecule has 0 saturated carbocycles. The van der Waals surface area contributed by atoms with E-state index in [9.17, 15) is 9.18 Å². The minimum Gasteiger partial charge on any atom is -0.497 e. The van der Waals surface area contributed by atoms with E-state index < -0.39 is 0 Å². The van der Waals surface area contributed by atoms with Gasteiger partial charge in [0, 0.05) is 31.6 Å². The second-order valence-corrected chi connectivity index (χ2v) is 7.58. The minimum atomic E-state index is -0.310. The molecule has 1 saturated heterocycles. The molecular weight excluding hydrogens is 397 g/mol. The van der Waals surface area contributed by atoms with Crippen molar-refractivity contribution < 1.29 is 18.7 Å². The average molecular weight is 423 g/mol. The van der Waals surface area contributed by atoms with Crippen LogP contribution in [-0.4, -0.2) is 42.1 Å². The van der Waals surface area contributed by atoms with E-state index in [2.05, 4.69) is 5.32 Å². The van der Waals surface area contributed by atoms with Crippen LogP contribution in [0.4, 0.5) is 4.39 Å². The van der Waals surface area contributed by atoms with Crippen LogP contribution in [-0.2, 0) is 16.0 Å². The van der Waals surface area contributed by atoms with Crippen molar-refractivity contribution in [2.45, 2.75) is 31.8 Å². The van der Waals surface area contributed by atoms with Crippen molar-refractivity contribution in [3.8, 4) is 22.7 Å². The van der Waals surface area contributed by atoms with Crippen LogP contribution in [0, 0.1) is 5.82 Å². The topological polar surface area (TPSA) is 65.4 Å². The summed E-state index contributed by atoms with van der Waals surface area (Å²) in [6.07, 6.45) is 2.98. The Morgan fingerprint density at radius 3 is 2.81 bits per heavy atom. The summed E-state index contributed by atoms with van der Waals surface area (Å²) >= 11 is 0. The van der Waals surface area contributed by atoms with Crippen LogP contribution < -0.4 is 10.1 Å². The zero-order valence-corrected chi connectivity index (χ0v) is 17.5. The Bertz CT molecular complexity index is 1030. The lowest BCUT2D eigenvalue weighted by atomic mass is 10.1. The van der Waals surface area contributed by atoms with E-state index in [0.29, 0.717) is 19.4 Å². The maximum atomic E-state index is 13.8. The highest BCUT2D eigenvalue weighted by Crippen LogP contribution is 2.26. The Labute approximate surface area is 181 Å². The lowest BCUT2D eigenvalue weighted by Crippen LogP contribution is -2.31. The molecule has 2 aromatic carbocycles. The molecule has 0 spiro atoms. The normalized spacial score (nSPS) is 15.7. The fourth-order valence-corrected chi connectivity index (χ4v) is 3.69. The first-order valence-corrected chi connectivity index (χ1v) is 10.5. The van der Waals surface area contributed by atoms with Crippen molar-refractivity contribution in [2.24, 2.45) is 0 Å². The standard InChI is InChI=1S/C24H26FN3O3/c1-30-21-10-8-20(9-11-21)28-23(17-4-2-5-18(25)14-17)15-19(27-28)7-12-24(29)26-16-22-6-3-13-31-22/h2,4-5,8-11,14-15,22H,3,6-7,12-13,16H2,1H3,(H,26,29). The number of nitrogens with zero attached hydrogens (tertiary/aromatic N) is 2. The van der Waals surface area contributed by atoms with E-state index in [4.69, 9.17) is 14.6 Å². The molecular formula is C24H26FN3O3. The predicted octanol–water partition coefficient (Wildman–Crippen LogP) is 3.91. The zero-order chi connectivity index (χ0) is 21.6. The van der Waals surface area contributed by atoms with E-state index in [-0.39, 0.29) is 17.8 Å². The molecule has 6 nitrogen and oxygen atoms in total. The zero-order valence-electron chi connectivity index (χ0n) is 17.5. The minimum absolute atomic E-state index is 0.0261. The van der Waals surface area contributed by atoms with Crippen molar-refractivity contribution in [2.75, 3.05) is 20.3 Å². The third kappa shape index (κ3) is 5.30. The van der Waals surface area contributed by atoms with Crippen LogP contribution in [0.3, 0.4) is 0 Å². The Morgan fingerprint density at radius 1 is 1.26 bits per heavy atom. The SMILES string of the molecule is COc1ccc(-n2nc(CCC(=O)NCC3CCCO3)cc2-c2cccc(F)c2)cc1. The molecule has 1 aromatic heterocycles. The number of carbonyl (C=O) groups excluding carboxylic acids is 1. The van der Waals surface area contributed by atoms with Crippen LogP contribution in [0.15, 0.2) is 54.6 Å². The van der Waals surface area contributed by atoms with Gasteiger partial charge < -0.3 is 14.8 Å². The number of hydrogen-bond acceptors (Lipinski definition) is 4. The molecule has 1 unspecified atom stereocenters. The van der Waals surface area contributed by atoms with E-state index in [0.717, 1.165) is 47.8 Å². The highest BCUT2D eigenvalue weighted by atomic mass is 19.1. The number of methoxy groups -OCH3 is 1. The first kappa shape index (κ1) is 21.1. The van der Waals surface area contributed by atoms with Gasteiger partial charge in [0.1, 0.15) is 11.6 Å². The molecule has 1 amide bonds. The number of rotatable bonds is 8. The van der Waals surface area contributed by atoms with Crippen molar-refractivity contribution in [1.29, 1.82) is 0 Å². The van der Waals surface area contributed by atoms with Crippen LogP contribution >= 0.6 is 0 Å². The third-order valence-corrected chi connectivity index (χ3v) is 5.36. The summed E-state index contributed by atoms with van der Waals surface area (Å²) in [5.74, 6) is 0.406. The van der Waals surface area contributed by atoms with Gasteiger partial charge in [-0.05, 0) is 55.3 Å². The molecule has 1 aliphatic rings. The molecule has 1 aliphatic heterocycles. The molecule has 0 aliphatic carbocycles. The van der Waals surface area contributed by atoms with Crippen molar-refractivity contribution in [3.63, 3.8) is 0 Å². The molecule has 162 valence electrons. The Kier molecular flexibility index (Phi) is 6.62. The summed E-state index contributed by atoms with van der Waals surface area (Å²) in [4.78, 5) is 12.3. The Morgan fingerprint density at radius 2 is 2.10 bits per heavy atom. The number of nitrogens with one attached hydrogen (secondary N) is 1. The fourth-order valence-electron chi connectivity index (χ4n) is 3.69. The molecule has 0 bridgehead atoms. The summed E-state index contributed by atoms with van der Waals surface area (Å²) in [7, 11) is 1.61. The largest absolute Gasteiger partial charge is 0.497 e. The molecule has 1 N–H and O–H groups in total. The van der Waals surface area contributed by atoms with Gasteiger partial charge >= 0.3 is 0 Å². The highest BCUT2D eigenvalue weighted by molar-refractivity contribution is 5.76. The van der Waals surface area contributed by atoms with Gasteiger partial charge in [0.25, 0.3) is 0 Å². The summed E-state index contributed by atoms with van der Waals surface area (Å²) in [6, 6.07) is 15.8. The van der Waals surface area contributed by atoms with Gasteiger partial charge in [0.05, 0.1) is 30.3 Å². The molecule has 7 heteroatoms. The number of aromatic nitrogens is 2. The number of ether oxygens (including phenoxy) is 2. The van der Waals surface area contributed by atoms with Gasteiger partial charge in [-0.1, -0.05) is 12.1 Å². The van der Waals surface area contributed by atoms with Gasteiger partial charge in [-0.2, -0.15) is 5.10 Å². The molecule has 4 rings (SSSR count). The number of hydrogen-bond donors (Lipinski definition) is 1. The van der Waals surface area contributed by atoms with Crippen LogP contribution in [0.1, 0.15) is 25.0 Å². The lowest BCUT2D eigenvalue weighted by Gasteiger charge is -2.10. The average Bonchev–Trinajstić information content (AvgIpc) is 3.46. The molecule has 3 aromatic rings. The van der Waals surface area contributed by atoms with E-state index >= 15 is 0 Å². The molecule has 1 atom stereocenters. The highest BCUT2D eigenvalue weighted by Gasteiger charge is 2.17. The fraction of sp³-hybridized carbons (Fsp3) is 0.333. The summed E-state index contributed by atoms with van der Waals surface area (Å²) in [6.45, 7) is 1.32. The maximum Gasteiger partial charge on any atom is 0.220 e. The van der Waals surface area contributed by atoms with Crippen LogP contribution in [0.2, 0.25) is 0 Å². The number of carbonyl (C=O) groups is 1. The van der Waals surface area contributed by atoms with Crippen LogP contribution in [0.25, 0.3) is 16.9 Å². The second-order valence-electron chi connectivity index (χ2n) is 7.58. The monoisotopic (exact) mass is 423 g/mol. The van der Waals surface area contributed by atoms with Gasteiger partial charge in [0.15, 0.2) is 0 Å².